The fourth-order valence-electron chi connectivity index (χ4n) is 1.44. The molecular formula is C12H16O3. The molecule has 0 N–H and O–H groups in total. The molecule has 0 atom stereocenters. The van der Waals surface area contributed by atoms with Gasteiger partial charge >= 0.3 is 0 Å². The first kappa shape index (κ1) is 11.4. The molecule has 1 aromatic carbocycles. The van der Waals surface area contributed by atoms with Gasteiger partial charge in [-0.3, -0.25) is 0 Å². The average molecular weight is 208 g/mol. The van der Waals surface area contributed by atoms with Gasteiger partial charge in [0.1, 0.15) is 5.75 Å². The molecule has 82 valence electrons. The smallest absolute Gasteiger partial charge is 0.171 e. The first-order valence-corrected chi connectivity index (χ1v) is 4.70. The second kappa shape index (κ2) is 5.29. The zero-order valence-corrected chi connectivity index (χ0v) is 9.53. The molecule has 0 amide bonds. The lowest BCUT2D eigenvalue weighted by Gasteiger charge is -2.13. The van der Waals surface area contributed by atoms with Crippen molar-refractivity contribution in [3.8, 4) is 17.2 Å². The van der Waals surface area contributed by atoms with E-state index in [9.17, 15) is 0 Å². The van der Waals surface area contributed by atoms with Gasteiger partial charge in [-0.25, -0.2) is 0 Å². The lowest BCUT2D eigenvalue weighted by Crippen LogP contribution is -1.96. The minimum absolute atomic E-state index is 0.690. The maximum atomic E-state index is 5.31. The summed E-state index contributed by atoms with van der Waals surface area (Å²) < 4.78 is 15.8. The van der Waals surface area contributed by atoms with Crippen LogP contribution < -0.4 is 14.2 Å². The van der Waals surface area contributed by atoms with Crippen LogP contribution in [0, 0.1) is 0 Å². The summed E-state index contributed by atoms with van der Waals surface area (Å²) in [4.78, 5) is 0. The maximum absolute atomic E-state index is 5.31. The maximum Gasteiger partial charge on any atom is 0.171 e. The molecule has 0 bridgehead atoms. The Kier molecular flexibility index (Phi) is 4.03. The van der Waals surface area contributed by atoms with Crippen molar-refractivity contribution in [2.45, 2.75) is 6.92 Å². The summed E-state index contributed by atoms with van der Waals surface area (Å²) >= 11 is 0. The number of rotatable bonds is 4. The van der Waals surface area contributed by atoms with Crippen LogP contribution in [0.3, 0.4) is 0 Å². The van der Waals surface area contributed by atoms with Crippen LogP contribution in [0.5, 0.6) is 17.2 Å². The summed E-state index contributed by atoms with van der Waals surface area (Å²) in [5, 5.41) is 0. The van der Waals surface area contributed by atoms with E-state index >= 15 is 0 Å². The van der Waals surface area contributed by atoms with Gasteiger partial charge in [0.2, 0.25) is 0 Å². The van der Waals surface area contributed by atoms with Crippen LogP contribution in [0.1, 0.15) is 12.5 Å². The largest absolute Gasteiger partial charge is 0.496 e. The molecule has 15 heavy (non-hydrogen) atoms. The Morgan fingerprint density at radius 2 is 1.53 bits per heavy atom. The quantitative estimate of drug-likeness (QED) is 0.761. The highest BCUT2D eigenvalue weighted by Gasteiger charge is 2.12. The minimum atomic E-state index is 0.690. The third-order valence-electron chi connectivity index (χ3n) is 2.10. The molecule has 0 aliphatic heterocycles. The van der Waals surface area contributed by atoms with Crippen molar-refractivity contribution in [3.63, 3.8) is 0 Å². The first-order chi connectivity index (χ1) is 7.28. The predicted octanol–water partition coefficient (Wildman–Crippen LogP) is 2.75. The summed E-state index contributed by atoms with van der Waals surface area (Å²) in [5.41, 5.74) is 0.891. The first-order valence-electron chi connectivity index (χ1n) is 4.70. The third kappa shape index (κ3) is 2.24. The van der Waals surface area contributed by atoms with Gasteiger partial charge in [0.15, 0.2) is 11.5 Å². The third-order valence-corrected chi connectivity index (χ3v) is 2.10. The van der Waals surface area contributed by atoms with Crippen LogP contribution in [0.4, 0.5) is 0 Å². The molecule has 0 spiro atoms. The average Bonchev–Trinajstić information content (AvgIpc) is 2.28. The summed E-state index contributed by atoms with van der Waals surface area (Å²) in [6, 6.07) is 3.68. The fourth-order valence-corrected chi connectivity index (χ4v) is 1.44. The van der Waals surface area contributed by atoms with E-state index in [1.54, 1.807) is 21.3 Å². The summed E-state index contributed by atoms with van der Waals surface area (Å²) in [7, 11) is 4.86. The van der Waals surface area contributed by atoms with Gasteiger partial charge in [-0.15, -0.1) is 0 Å². The van der Waals surface area contributed by atoms with Crippen molar-refractivity contribution in [2.24, 2.45) is 0 Å². The molecule has 3 nitrogen and oxygen atoms in total. The zero-order chi connectivity index (χ0) is 11.3. The minimum Gasteiger partial charge on any atom is -0.496 e. The number of benzene rings is 1. The Hall–Kier alpha value is -1.64. The van der Waals surface area contributed by atoms with Crippen molar-refractivity contribution in [2.75, 3.05) is 21.3 Å². The van der Waals surface area contributed by atoms with Gasteiger partial charge in [0.25, 0.3) is 0 Å². The normalized spacial score (nSPS) is 10.4. The van der Waals surface area contributed by atoms with E-state index in [-0.39, 0.29) is 0 Å². The molecule has 0 aliphatic carbocycles. The molecule has 0 unspecified atom stereocenters. The Morgan fingerprint density at radius 1 is 0.933 bits per heavy atom. The van der Waals surface area contributed by atoms with Gasteiger partial charge in [0, 0.05) is 0 Å². The van der Waals surface area contributed by atoms with E-state index in [1.807, 2.05) is 31.2 Å². The molecule has 0 aliphatic rings. The van der Waals surface area contributed by atoms with E-state index in [0.29, 0.717) is 11.5 Å². The monoisotopic (exact) mass is 208 g/mol. The lowest BCUT2D eigenvalue weighted by molar-refractivity contribution is 0.348. The van der Waals surface area contributed by atoms with Gasteiger partial charge in [-0.05, 0) is 19.1 Å². The molecule has 1 rings (SSSR count). The molecule has 0 aromatic heterocycles. The van der Waals surface area contributed by atoms with E-state index in [0.717, 1.165) is 11.3 Å². The number of methoxy groups -OCH3 is 3. The van der Waals surface area contributed by atoms with E-state index in [2.05, 4.69) is 0 Å². The standard InChI is InChI=1S/C12H16O3/c1-5-6-9-10(13-2)7-8-11(14-3)12(9)15-4/h5-8H,1-4H3. The SMILES string of the molecule is CC=Cc1c(OC)ccc(OC)c1OC. The van der Waals surface area contributed by atoms with Crippen molar-refractivity contribution in [3.05, 3.63) is 23.8 Å². The molecule has 0 saturated heterocycles. The molecular weight excluding hydrogens is 192 g/mol. The Bertz CT molecular complexity index is 356. The van der Waals surface area contributed by atoms with Crippen molar-refractivity contribution < 1.29 is 14.2 Å². The van der Waals surface area contributed by atoms with Crippen molar-refractivity contribution >= 4 is 6.08 Å². The predicted molar refractivity (Wildman–Crippen MR) is 60.8 cm³/mol. The van der Waals surface area contributed by atoms with Crippen molar-refractivity contribution in [1.82, 2.24) is 0 Å². The molecule has 0 fully saturated rings. The number of ether oxygens (including phenoxy) is 3. The van der Waals surface area contributed by atoms with Gasteiger partial charge in [-0.2, -0.15) is 0 Å². The topological polar surface area (TPSA) is 27.7 Å². The van der Waals surface area contributed by atoms with Gasteiger partial charge in [-0.1, -0.05) is 12.2 Å². The molecule has 0 saturated carbocycles. The highest BCUT2D eigenvalue weighted by molar-refractivity contribution is 5.68. The van der Waals surface area contributed by atoms with E-state index in [4.69, 9.17) is 14.2 Å². The van der Waals surface area contributed by atoms with Crippen LogP contribution in [0.2, 0.25) is 0 Å². The van der Waals surface area contributed by atoms with Gasteiger partial charge < -0.3 is 14.2 Å². The fraction of sp³-hybridized carbons (Fsp3) is 0.333. The number of allylic oxidation sites excluding steroid dienone is 1. The van der Waals surface area contributed by atoms with Crippen LogP contribution in [0.15, 0.2) is 18.2 Å². The second-order valence-corrected chi connectivity index (χ2v) is 2.92. The molecule has 0 radical (unpaired) electrons. The Labute approximate surface area is 90.3 Å². The highest BCUT2D eigenvalue weighted by Crippen LogP contribution is 2.38. The second-order valence-electron chi connectivity index (χ2n) is 2.92. The number of hydrogen-bond acceptors (Lipinski definition) is 3. The van der Waals surface area contributed by atoms with E-state index in [1.165, 1.54) is 0 Å². The van der Waals surface area contributed by atoms with Gasteiger partial charge in [0.05, 0.1) is 26.9 Å². The molecule has 1 aromatic rings. The summed E-state index contributed by atoms with van der Waals surface area (Å²) in [6.07, 6.45) is 3.86. The van der Waals surface area contributed by atoms with Crippen LogP contribution in [0.25, 0.3) is 6.08 Å². The van der Waals surface area contributed by atoms with Crippen LogP contribution in [-0.2, 0) is 0 Å². The Morgan fingerprint density at radius 3 is 2.00 bits per heavy atom. The van der Waals surface area contributed by atoms with Crippen LogP contribution >= 0.6 is 0 Å². The molecule has 3 heteroatoms. The lowest BCUT2D eigenvalue weighted by atomic mass is 10.1. The van der Waals surface area contributed by atoms with Crippen molar-refractivity contribution in [1.29, 1.82) is 0 Å². The summed E-state index contributed by atoms with van der Waals surface area (Å²) in [6.45, 7) is 1.94. The molecule has 0 heterocycles. The van der Waals surface area contributed by atoms with E-state index < -0.39 is 0 Å². The van der Waals surface area contributed by atoms with Crippen LogP contribution in [-0.4, -0.2) is 21.3 Å². The Balaban J connectivity index is 3.37. The zero-order valence-electron chi connectivity index (χ0n) is 9.53. The summed E-state index contributed by atoms with van der Waals surface area (Å²) in [5.74, 6) is 2.16. The highest BCUT2D eigenvalue weighted by atomic mass is 16.5. The number of hydrogen-bond donors (Lipinski definition) is 0.